The molecule has 0 aliphatic heterocycles. The van der Waals surface area contributed by atoms with Gasteiger partial charge in [-0.05, 0) is 17.7 Å². The molecule has 0 bridgehead atoms. The molecule has 1 aromatic carbocycles. The zero-order valence-electron chi connectivity index (χ0n) is 8.64. The Hall–Kier alpha value is -2.02. The first-order valence-corrected chi connectivity index (χ1v) is 4.81. The van der Waals surface area contributed by atoms with E-state index in [2.05, 4.69) is 6.58 Å². The summed E-state index contributed by atoms with van der Waals surface area (Å²) in [6, 6.07) is 7.75. The van der Waals surface area contributed by atoms with Crippen molar-refractivity contribution in [2.75, 3.05) is 5.73 Å². The van der Waals surface area contributed by atoms with Crippen LogP contribution in [0.25, 0.3) is 6.08 Å². The molecule has 1 aromatic rings. The van der Waals surface area contributed by atoms with Crippen LogP contribution in [-0.2, 0) is 0 Å². The third-order valence-electron chi connectivity index (χ3n) is 1.81. The summed E-state index contributed by atoms with van der Waals surface area (Å²) in [6.07, 6.45) is 13.5. The molecule has 2 N–H and O–H groups in total. The van der Waals surface area contributed by atoms with Crippen LogP contribution in [0.3, 0.4) is 0 Å². The quantitative estimate of drug-likeness (QED) is 0.579. The summed E-state index contributed by atoms with van der Waals surface area (Å²) in [6.45, 7) is 3.58. The van der Waals surface area contributed by atoms with Gasteiger partial charge in [0.05, 0.1) is 0 Å². The summed E-state index contributed by atoms with van der Waals surface area (Å²) in [4.78, 5) is 0. The predicted molar refractivity (Wildman–Crippen MR) is 68.4 cm³/mol. The Balaban J connectivity index is 2.51. The lowest BCUT2D eigenvalue weighted by atomic mass is 10.2. The van der Waals surface area contributed by atoms with E-state index in [0.29, 0.717) is 0 Å². The van der Waals surface area contributed by atoms with E-state index in [1.807, 2.05) is 60.7 Å². The molecular formula is C14H15N. The van der Waals surface area contributed by atoms with Crippen molar-refractivity contribution in [3.8, 4) is 0 Å². The maximum atomic E-state index is 5.58. The molecule has 0 spiro atoms. The van der Waals surface area contributed by atoms with Gasteiger partial charge in [0.25, 0.3) is 0 Å². The largest absolute Gasteiger partial charge is 0.399 e. The lowest BCUT2D eigenvalue weighted by molar-refractivity contribution is 1.64. The van der Waals surface area contributed by atoms with Crippen molar-refractivity contribution in [1.82, 2.24) is 0 Å². The second kappa shape index (κ2) is 6.44. The number of allylic oxidation sites excluding steroid dienone is 6. The zero-order valence-corrected chi connectivity index (χ0v) is 8.64. The van der Waals surface area contributed by atoms with Crippen LogP contribution in [0.1, 0.15) is 5.56 Å². The fraction of sp³-hybridized carbons (Fsp3) is 0. The highest BCUT2D eigenvalue weighted by Gasteiger charge is 1.84. The fourth-order valence-electron chi connectivity index (χ4n) is 1.04. The van der Waals surface area contributed by atoms with E-state index >= 15 is 0 Å². The molecule has 0 aliphatic carbocycles. The topological polar surface area (TPSA) is 26.0 Å². The van der Waals surface area contributed by atoms with Crippen LogP contribution in [-0.4, -0.2) is 0 Å². The number of hydrogen-bond donors (Lipinski definition) is 1. The minimum atomic E-state index is 0.789. The number of nitrogen functional groups attached to an aromatic ring is 1. The van der Waals surface area contributed by atoms with Gasteiger partial charge in [0.2, 0.25) is 0 Å². The normalized spacial score (nSPS) is 11.7. The van der Waals surface area contributed by atoms with E-state index in [4.69, 9.17) is 5.73 Å². The molecule has 76 valence electrons. The van der Waals surface area contributed by atoms with Gasteiger partial charge in [-0.2, -0.15) is 0 Å². The van der Waals surface area contributed by atoms with Crippen LogP contribution in [0.2, 0.25) is 0 Å². The van der Waals surface area contributed by atoms with E-state index in [9.17, 15) is 0 Å². The van der Waals surface area contributed by atoms with Gasteiger partial charge in [-0.25, -0.2) is 0 Å². The van der Waals surface area contributed by atoms with Crippen LogP contribution in [0, 0.1) is 0 Å². The average Bonchev–Trinajstić information content (AvgIpc) is 2.26. The second-order valence-corrected chi connectivity index (χ2v) is 3.03. The smallest absolute Gasteiger partial charge is 0.0314 e. The molecular weight excluding hydrogens is 182 g/mol. The van der Waals surface area contributed by atoms with E-state index in [0.717, 1.165) is 11.3 Å². The van der Waals surface area contributed by atoms with Gasteiger partial charge in [0.1, 0.15) is 0 Å². The summed E-state index contributed by atoms with van der Waals surface area (Å²) in [5.74, 6) is 0. The van der Waals surface area contributed by atoms with Crippen molar-refractivity contribution in [2.24, 2.45) is 0 Å². The molecule has 0 aliphatic rings. The molecule has 15 heavy (non-hydrogen) atoms. The molecule has 0 heterocycles. The molecule has 0 unspecified atom stereocenters. The SMILES string of the molecule is C=CC=CC=CC=Cc1ccc(N)cc1. The summed E-state index contributed by atoms with van der Waals surface area (Å²) < 4.78 is 0. The number of rotatable bonds is 4. The second-order valence-electron chi connectivity index (χ2n) is 3.03. The lowest BCUT2D eigenvalue weighted by Gasteiger charge is -1.93. The molecule has 0 radical (unpaired) electrons. The van der Waals surface area contributed by atoms with Crippen molar-refractivity contribution < 1.29 is 0 Å². The Kier molecular flexibility index (Phi) is 4.74. The van der Waals surface area contributed by atoms with Crippen molar-refractivity contribution >= 4 is 11.8 Å². The molecule has 0 amide bonds. The monoisotopic (exact) mass is 197 g/mol. The van der Waals surface area contributed by atoms with Gasteiger partial charge >= 0.3 is 0 Å². The Labute approximate surface area is 90.9 Å². The Morgan fingerprint density at radius 1 is 0.867 bits per heavy atom. The Morgan fingerprint density at radius 3 is 2.13 bits per heavy atom. The highest BCUT2D eigenvalue weighted by molar-refractivity contribution is 5.54. The number of nitrogens with two attached hydrogens (primary N) is 1. The Bertz CT molecular complexity index is 380. The maximum Gasteiger partial charge on any atom is 0.0314 e. The predicted octanol–water partition coefficient (Wildman–Crippen LogP) is 3.58. The number of anilines is 1. The van der Waals surface area contributed by atoms with Gasteiger partial charge in [0.15, 0.2) is 0 Å². The summed E-state index contributed by atoms with van der Waals surface area (Å²) in [7, 11) is 0. The summed E-state index contributed by atoms with van der Waals surface area (Å²) >= 11 is 0. The molecule has 1 heteroatoms. The molecule has 0 saturated carbocycles. The number of benzene rings is 1. The molecule has 0 atom stereocenters. The van der Waals surface area contributed by atoms with Crippen LogP contribution in [0.4, 0.5) is 5.69 Å². The van der Waals surface area contributed by atoms with Crippen molar-refractivity contribution in [3.63, 3.8) is 0 Å². The van der Waals surface area contributed by atoms with Crippen LogP contribution in [0.5, 0.6) is 0 Å². The molecule has 1 nitrogen and oxygen atoms in total. The summed E-state index contributed by atoms with van der Waals surface area (Å²) in [5.41, 5.74) is 7.51. The van der Waals surface area contributed by atoms with E-state index in [1.165, 1.54) is 0 Å². The molecule has 0 fully saturated rings. The first-order valence-electron chi connectivity index (χ1n) is 4.81. The number of hydrogen-bond acceptors (Lipinski definition) is 1. The fourth-order valence-corrected chi connectivity index (χ4v) is 1.04. The van der Waals surface area contributed by atoms with E-state index < -0.39 is 0 Å². The highest BCUT2D eigenvalue weighted by atomic mass is 14.5. The minimum absolute atomic E-state index is 0.789. The van der Waals surface area contributed by atoms with Crippen molar-refractivity contribution in [3.05, 3.63) is 72.9 Å². The maximum absolute atomic E-state index is 5.58. The van der Waals surface area contributed by atoms with Gasteiger partial charge < -0.3 is 5.73 Å². The van der Waals surface area contributed by atoms with Crippen molar-refractivity contribution in [2.45, 2.75) is 0 Å². The van der Waals surface area contributed by atoms with Gasteiger partial charge in [-0.15, -0.1) is 0 Å². The first kappa shape index (κ1) is 11.1. The van der Waals surface area contributed by atoms with Gasteiger partial charge in [-0.3, -0.25) is 0 Å². The molecule has 1 rings (SSSR count). The van der Waals surface area contributed by atoms with E-state index in [1.54, 1.807) is 6.08 Å². The van der Waals surface area contributed by atoms with Crippen molar-refractivity contribution in [1.29, 1.82) is 0 Å². The van der Waals surface area contributed by atoms with Crippen LogP contribution < -0.4 is 5.73 Å². The summed E-state index contributed by atoms with van der Waals surface area (Å²) in [5, 5.41) is 0. The third-order valence-corrected chi connectivity index (χ3v) is 1.81. The zero-order chi connectivity index (χ0) is 10.9. The average molecular weight is 197 g/mol. The van der Waals surface area contributed by atoms with Gasteiger partial charge in [-0.1, -0.05) is 61.2 Å². The minimum Gasteiger partial charge on any atom is -0.399 e. The molecule has 0 saturated heterocycles. The van der Waals surface area contributed by atoms with Gasteiger partial charge in [0, 0.05) is 5.69 Å². The molecule has 0 aromatic heterocycles. The Morgan fingerprint density at radius 2 is 1.47 bits per heavy atom. The van der Waals surface area contributed by atoms with E-state index in [-0.39, 0.29) is 0 Å². The first-order chi connectivity index (χ1) is 7.33. The van der Waals surface area contributed by atoms with Crippen LogP contribution in [0.15, 0.2) is 67.3 Å². The lowest BCUT2D eigenvalue weighted by Crippen LogP contribution is -1.82. The van der Waals surface area contributed by atoms with Crippen LogP contribution >= 0.6 is 0 Å². The highest BCUT2D eigenvalue weighted by Crippen LogP contribution is 2.06. The standard InChI is InChI=1S/C14H15N/c1-2-3-4-5-6-7-8-13-9-11-14(15)12-10-13/h2-12H,1,15H2. The third kappa shape index (κ3) is 4.67.